The van der Waals surface area contributed by atoms with E-state index in [1.807, 2.05) is 0 Å². The van der Waals surface area contributed by atoms with Gasteiger partial charge in [-0.25, -0.2) is 4.98 Å². The SMILES string of the molecule is Nc1cc(C(=O)NC2CCCCCC2)c(Cl)cn1. The fourth-order valence-electron chi connectivity index (χ4n) is 2.32. The van der Waals surface area contributed by atoms with Gasteiger partial charge in [-0.2, -0.15) is 0 Å². The molecule has 4 nitrogen and oxygen atoms in total. The van der Waals surface area contributed by atoms with Crippen molar-refractivity contribution in [3.05, 3.63) is 22.8 Å². The third kappa shape index (κ3) is 3.35. The first-order chi connectivity index (χ1) is 8.66. The summed E-state index contributed by atoms with van der Waals surface area (Å²) in [4.78, 5) is 16.0. The summed E-state index contributed by atoms with van der Waals surface area (Å²) in [7, 11) is 0. The van der Waals surface area contributed by atoms with Crippen LogP contribution in [0.25, 0.3) is 0 Å². The number of hydrogen-bond acceptors (Lipinski definition) is 3. The predicted molar refractivity (Wildman–Crippen MR) is 72.6 cm³/mol. The second kappa shape index (κ2) is 6.05. The molecule has 0 aromatic carbocycles. The van der Waals surface area contributed by atoms with Gasteiger partial charge in [0, 0.05) is 12.2 Å². The maximum Gasteiger partial charge on any atom is 0.253 e. The molecule has 1 aromatic rings. The number of amides is 1. The first kappa shape index (κ1) is 13.1. The molecule has 18 heavy (non-hydrogen) atoms. The molecular formula is C13H18ClN3O. The summed E-state index contributed by atoms with van der Waals surface area (Å²) in [6.45, 7) is 0. The average molecular weight is 268 g/mol. The number of nitrogens with two attached hydrogens (primary N) is 1. The van der Waals surface area contributed by atoms with Gasteiger partial charge >= 0.3 is 0 Å². The summed E-state index contributed by atoms with van der Waals surface area (Å²) in [6.07, 6.45) is 8.38. The first-order valence-electron chi connectivity index (χ1n) is 6.38. The molecule has 1 saturated carbocycles. The molecule has 1 aliphatic carbocycles. The number of rotatable bonds is 2. The van der Waals surface area contributed by atoms with Crippen LogP contribution in [0.3, 0.4) is 0 Å². The largest absolute Gasteiger partial charge is 0.384 e. The quantitative estimate of drug-likeness (QED) is 0.810. The van der Waals surface area contributed by atoms with Crippen LogP contribution in [-0.4, -0.2) is 16.9 Å². The molecule has 2 rings (SSSR count). The molecule has 0 atom stereocenters. The van der Waals surface area contributed by atoms with Gasteiger partial charge in [0.05, 0.1) is 10.6 Å². The molecule has 1 aromatic heterocycles. The minimum Gasteiger partial charge on any atom is -0.384 e. The Bertz CT molecular complexity index is 428. The van der Waals surface area contributed by atoms with Crippen LogP contribution >= 0.6 is 11.6 Å². The van der Waals surface area contributed by atoms with Gasteiger partial charge in [0.25, 0.3) is 5.91 Å². The lowest BCUT2D eigenvalue weighted by atomic mass is 10.1. The lowest BCUT2D eigenvalue weighted by molar-refractivity contribution is 0.0933. The minimum atomic E-state index is -0.152. The van der Waals surface area contributed by atoms with E-state index in [0.717, 1.165) is 12.8 Å². The molecule has 0 unspecified atom stereocenters. The van der Waals surface area contributed by atoms with Crippen LogP contribution in [0, 0.1) is 0 Å². The van der Waals surface area contributed by atoms with Crippen molar-refractivity contribution in [1.82, 2.24) is 10.3 Å². The van der Waals surface area contributed by atoms with Crippen molar-refractivity contribution in [3.63, 3.8) is 0 Å². The highest BCUT2D eigenvalue weighted by Crippen LogP contribution is 2.20. The molecule has 1 amide bonds. The standard InChI is InChI=1S/C13H18ClN3O/c14-11-8-16-12(15)7-10(11)13(18)17-9-5-3-1-2-4-6-9/h7-9H,1-6H2,(H2,15,16)(H,17,18). The Morgan fingerprint density at radius 3 is 2.67 bits per heavy atom. The molecule has 0 spiro atoms. The number of hydrogen-bond donors (Lipinski definition) is 2. The van der Waals surface area contributed by atoms with Gasteiger partial charge in [-0.1, -0.05) is 37.3 Å². The number of nitrogen functional groups attached to an aromatic ring is 1. The van der Waals surface area contributed by atoms with Crippen LogP contribution in [0.4, 0.5) is 5.82 Å². The maximum absolute atomic E-state index is 12.1. The van der Waals surface area contributed by atoms with E-state index >= 15 is 0 Å². The summed E-state index contributed by atoms with van der Waals surface area (Å²) in [5, 5.41) is 3.38. The molecule has 0 saturated heterocycles. The molecule has 0 aliphatic heterocycles. The number of halogens is 1. The van der Waals surface area contributed by atoms with E-state index in [-0.39, 0.29) is 11.9 Å². The van der Waals surface area contributed by atoms with Gasteiger partial charge in [-0.3, -0.25) is 4.79 Å². The molecule has 0 bridgehead atoms. The van der Waals surface area contributed by atoms with Crippen LogP contribution in [0.15, 0.2) is 12.3 Å². The van der Waals surface area contributed by atoms with Crippen molar-refractivity contribution >= 4 is 23.3 Å². The molecular weight excluding hydrogens is 250 g/mol. The highest BCUT2D eigenvalue weighted by atomic mass is 35.5. The van der Waals surface area contributed by atoms with Crippen molar-refractivity contribution in [1.29, 1.82) is 0 Å². The monoisotopic (exact) mass is 267 g/mol. The summed E-state index contributed by atoms with van der Waals surface area (Å²) >= 11 is 5.96. The van der Waals surface area contributed by atoms with Crippen molar-refractivity contribution in [3.8, 4) is 0 Å². The zero-order valence-corrected chi connectivity index (χ0v) is 11.0. The Balaban J connectivity index is 2.04. The third-order valence-corrected chi connectivity index (χ3v) is 3.61. The summed E-state index contributed by atoms with van der Waals surface area (Å²) in [5.41, 5.74) is 5.98. The highest BCUT2D eigenvalue weighted by Gasteiger charge is 2.17. The van der Waals surface area contributed by atoms with Crippen LogP contribution in [0.1, 0.15) is 48.9 Å². The molecule has 0 radical (unpaired) electrons. The van der Waals surface area contributed by atoms with E-state index in [1.54, 1.807) is 0 Å². The van der Waals surface area contributed by atoms with E-state index in [0.29, 0.717) is 16.4 Å². The Hall–Kier alpha value is -1.29. The van der Waals surface area contributed by atoms with Gasteiger partial charge < -0.3 is 11.1 Å². The molecule has 3 N–H and O–H groups in total. The topological polar surface area (TPSA) is 68.0 Å². The maximum atomic E-state index is 12.1. The fraction of sp³-hybridized carbons (Fsp3) is 0.538. The zero-order chi connectivity index (χ0) is 13.0. The van der Waals surface area contributed by atoms with Crippen LogP contribution in [0.5, 0.6) is 0 Å². The highest BCUT2D eigenvalue weighted by molar-refractivity contribution is 6.33. The number of carbonyl (C=O) groups excluding carboxylic acids is 1. The summed E-state index contributed by atoms with van der Waals surface area (Å²) < 4.78 is 0. The normalized spacial score (nSPS) is 17.2. The van der Waals surface area contributed by atoms with E-state index < -0.39 is 0 Å². The Morgan fingerprint density at radius 2 is 2.00 bits per heavy atom. The summed E-state index contributed by atoms with van der Waals surface area (Å²) in [6, 6.07) is 1.78. The van der Waals surface area contributed by atoms with Crippen LogP contribution in [-0.2, 0) is 0 Å². The van der Waals surface area contributed by atoms with Crippen molar-refractivity contribution in [2.75, 3.05) is 5.73 Å². The summed E-state index contributed by atoms with van der Waals surface area (Å²) in [5.74, 6) is 0.159. The predicted octanol–water partition coefficient (Wildman–Crippen LogP) is 2.77. The Labute approximate surface area is 112 Å². The smallest absolute Gasteiger partial charge is 0.253 e. The average Bonchev–Trinajstić information content (AvgIpc) is 2.61. The second-order valence-corrected chi connectivity index (χ2v) is 5.16. The lowest BCUT2D eigenvalue weighted by Crippen LogP contribution is -2.34. The Kier molecular flexibility index (Phi) is 4.42. The van der Waals surface area contributed by atoms with Gasteiger partial charge in [0.2, 0.25) is 0 Å². The number of pyridine rings is 1. The van der Waals surface area contributed by atoms with Gasteiger partial charge in [0.15, 0.2) is 0 Å². The van der Waals surface area contributed by atoms with E-state index in [9.17, 15) is 4.79 Å². The zero-order valence-electron chi connectivity index (χ0n) is 10.3. The van der Waals surface area contributed by atoms with Crippen molar-refractivity contribution < 1.29 is 4.79 Å². The third-order valence-electron chi connectivity index (χ3n) is 3.31. The second-order valence-electron chi connectivity index (χ2n) is 4.75. The number of aromatic nitrogens is 1. The van der Waals surface area contributed by atoms with Crippen molar-refractivity contribution in [2.24, 2.45) is 0 Å². The molecule has 1 fully saturated rings. The first-order valence-corrected chi connectivity index (χ1v) is 6.76. The number of nitrogens with one attached hydrogen (secondary N) is 1. The van der Waals surface area contributed by atoms with Crippen molar-refractivity contribution in [2.45, 2.75) is 44.6 Å². The van der Waals surface area contributed by atoms with Crippen LogP contribution < -0.4 is 11.1 Å². The molecule has 98 valence electrons. The van der Waals surface area contributed by atoms with Gasteiger partial charge in [0.1, 0.15) is 5.82 Å². The molecule has 5 heteroatoms. The van der Waals surface area contributed by atoms with Crippen LogP contribution in [0.2, 0.25) is 5.02 Å². The number of anilines is 1. The van der Waals surface area contributed by atoms with Gasteiger partial charge in [-0.15, -0.1) is 0 Å². The number of nitrogens with zero attached hydrogens (tertiary/aromatic N) is 1. The molecule has 1 aliphatic rings. The number of carbonyl (C=O) groups is 1. The fourth-order valence-corrected chi connectivity index (χ4v) is 2.50. The van der Waals surface area contributed by atoms with E-state index in [1.165, 1.54) is 37.9 Å². The van der Waals surface area contributed by atoms with E-state index in [2.05, 4.69) is 10.3 Å². The lowest BCUT2D eigenvalue weighted by Gasteiger charge is -2.16. The Morgan fingerprint density at radius 1 is 1.33 bits per heavy atom. The van der Waals surface area contributed by atoms with Gasteiger partial charge in [-0.05, 0) is 18.9 Å². The minimum absolute atomic E-state index is 0.152. The van der Waals surface area contributed by atoms with E-state index in [4.69, 9.17) is 17.3 Å². The molecule has 1 heterocycles.